The lowest BCUT2D eigenvalue weighted by atomic mass is 9.78. The first-order valence-corrected chi connectivity index (χ1v) is 6.86. The first kappa shape index (κ1) is 15.9. The van der Waals surface area contributed by atoms with E-state index in [4.69, 9.17) is 0 Å². The summed E-state index contributed by atoms with van der Waals surface area (Å²) in [7, 11) is 1.54. The number of anilines is 1. The maximum atomic E-state index is 12.8. The van der Waals surface area contributed by atoms with Gasteiger partial charge in [0, 0.05) is 12.7 Å². The molecule has 2 rings (SSSR count). The largest absolute Gasteiger partial charge is 0.390 e. The van der Waals surface area contributed by atoms with Gasteiger partial charge in [0.05, 0.1) is 11.8 Å². The lowest BCUT2D eigenvalue weighted by Gasteiger charge is -2.25. The minimum Gasteiger partial charge on any atom is -0.314 e. The van der Waals surface area contributed by atoms with Crippen LogP contribution in [0, 0.1) is 0 Å². The average Bonchev–Trinajstić information content (AvgIpc) is 2.48. The number of carbonyl (C=O) groups excluding carboxylic acids is 1. The maximum absolute atomic E-state index is 12.8. The van der Waals surface area contributed by atoms with Crippen LogP contribution in [0.3, 0.4) is 0 Å². The maximum Gasteiger partial charge on any atom is 0.390 e. The quantitative estimate of drug-likeness (QED) is 0.762. The molecule has 0 spiro atoms. The SMILES string of the molecule is CN1C(=O)C(C)(CC(F)(F)F)c2ccc(C(C)(C)C)cc21. The Morgan fingerprint density at radius 2 is 1.76 bits per heavy atom. The van der Waals surface area contributed by atoms with Gasteiger partial charge >= 0.3 is 6.18 Å². The van der Waals surface area contributed by atoms with Gasteiger partial charge in [0.15, 0.2) is 0 Å². The van der Waals surface area contributed by atoms with Crippen molar-refractivity contribution in [2.75, 3.05) is 11.9 Å². The Labute approximate surface area is 122 Å². The van der Waals surface area contributed by atoms with E-state index in [9.17, 15) is 18.0 Å². The molecule has 1 unspecified atom stereocenters. The second-order valence-electron chi connectivity index (χ2n) is 6.97. The van der Waals surface area contributed by atoms with Crippen LogP contribution in [0.25, 0.3) is 0 Å². The Kier molecular flexibility index (Phi) is 3.39. The summed E-state index contributed by atoms with van der Waals surface area (Å²) in [6.45, 7) is 7.46. The highest BCUT2D eigenvalue weighted by Gasteiger charge is 2.52. The Morgan fingerprint density at radius 3 is 2.24 bits per heavy atom. The summed E-state index contributed by atoms with van der Waals surface area (Å²) in [5.41, 5.74) is 0.386. The highest BCUT2D eigenvalue weighted by atomic mass is 19.4. The number of likely N-dealkylation sites (N-methyl/N-ethyl adjacent to an activating group) is 1. The molecule has 1 atom stereocenters. The molecule has 21 heavy (non-hydrogen) atoms. The molecular formula is C16H20F3NO. The zero-order valence-corrected chi connectivity index (χ0v) is 12.9. The molecule has 0 saturated heterocycles. The molecule has 1 aromatic carbocycles. The van der Waals surface area contributed by atoms with Gasteiger partial charge in [-0.2, -0.15) is 13.2 Å². The molecular weight excluding hydrogens is 279 g/mol. The predicted molar refractivity (Wildman–Crippen MR) is 76.6 cm³/mol. The summed E-state index contributed by atoms with van der Waals surface area (Å²) >= 11 is 0. The van der Waals surface area contributed by atoms with Crippen LogP contribution in [0.2, 0.25) is 0 Å². The van der Waals surface area contributed by atoms with E-state index in [-0.39, 0.29) is 5.41 Å². The topological polar surface area (TPSA) is 20.3 Å². The number of hydrogen-bond acceptors (Lipinski definition) is 1. The second kappa shape index (κ2) is 4.49. The van der Waals surface area contributed by atoms with Gasteiger partial charge in [0.25, 0.3) is 0 Å². The summed E-state index contributed by atoms with van der Waals surface area (Å²) < 4.78 is 38.5. The van der Waals surface area contributed by atoms with Crippen LogP contribution in [-0.4, -0.2) is 19.1 Å². The van der Waals surface area contributed by atoms with Gasteiger partial charge in [0.2, 0.25) is 5.91 Å². The standard InChI is InChI=1S/C16H20F3NO/c1-14(2,3)10-6-7-11-12(8-10)20(5)13(21)15(11,4)9-16(17,18)19/h6-8H,9H2,1-5H3. The van der Waals surface area contributed by atoms with Crippen LogP contribution in [-0.2, 0) is 15.6 Å². The smallest absolute Gasteiger partial charge is 0.314 e. The number of benzene rings is 1. The number of fused-ring (bicyclic) bond motifs is 1. The molecule has 0 N–H and O–H groups in total. The molecule has 0 fully saturated rings. The van der Waals surface area contributed by atoms with Crippen molar-refractivity contribution in [2.24, 2.45) is 0 Å². The van der Waals surface area contributed by atoms with Crippen molar-refractivity contribution < 1.29 is 18.0 Å². The Hall–Kier alpha value is -1.52. The Bertz CT molecular complexity index is 586. The number of hydrogen-bond donors (Lipinski definition) is 0. The number of carbonyl (C=O) groups is 1. The van der Waals surface area contributed by atoms with Crippen LogP contribution in [0.1, 0.15) is 45.2 Å². The lowest BCUT2D eigenvalue weighted by molar-refractivity contribution is -0.154. The van der Waals surface area contributed by atoms with Crippen LogP contribution < -0.4 is 4.90 Å². The van der Waals surface area contributed by atoms with Crippen molar-refractivity contribution in [3.05, 3.63) is 29.3 Å². The average molecular weight is 299 g/mol. The summed E-state index contributed by atoms with van der Waals surface area (Å²) in [6, 6.07) is 5.32. The minimum atomic E-state index is -4.38. The molecule has 1 aromatic rings. The Morgan fingerprint density at radius 1 is 1.19 bits per heavy atom. The molecule has 0 saturated carbocycles. The minimum absolute atomic E-state index is 0.123. The first-order chi connectivity index (χ1) is 9.36. The van der Waals surface area contributed by atoms with E-state index in [1.165, 1.54) is 18.9 Å². The zero-order valence-electron chi connectivity index (χ0n) is 12.9. The zero-order chi connectivity index (χ0) is 16.2. The van der Waals surface area contributed by atoms with Crippen molar-refractivity contribution in [2.45, 2.75) is 51.1 Å². The van der Waals surface area contributed by atoms with E-state index in [2.05, 4.69) is 0 Å². The van der Waals surface area contributed by atoms with Crippen LogP contribution in [0.15, 0.2) is 18.2 Å². The highest BCUT2D eigenvalue weighted by Crippen LogP contribution is 2.47. The van der Waals surface area contributed by atoms with E-state index in [0.717, 1.165) is 5.56 Å². The molecule has 0 aliphatic carbocycles. The molecule has 2 nitrogen and oxygen atoms in total. The fourth-order valence-electron chi connectivity index (χ4n) is 2.91. The molecule has 0 aromatic heterocycles. The van der Waals surface area contributed by atoms with E-state index in [0.29, 0.717) is 11.3 Å². The third-order valence-electron chi connectivity index (χ3n) is 4.15. The van der Waals surface area contributed by atoms with E-state index >= 15 is 0 Å². The predicted octanol–water partition coefficient (Wildman–Crippen LogP) is 4.17. The second-order valence-corrected chi connectivity index (χ2v) is 6.97. The number of nitrogens with zero attached hydrogens (tertiary/aromatic N) is 1. The van der Waals surface area contributed by atoms with Gasteiger partial charge in [0.1, 0.15) is 0 Å². The van der Waals surface area contributed by atoms with E-state index < -0.39 is 23.9 Å². The highest BCUT2D eigenvalue weighted by molar-refractivity contribution is 6.07. The molecule has 5 heteroatoms. The fraction of sp³-hybridized carbons (Fsp3) is 0.562. The van der Waals surface area contributed by atoms with Gasteiger partial charge in [-0.15, -0.1) is 0 Å². The van der Waals surface area contributed by atoms with Crippen LogP contribution in [0.4, 0.5) is 18.9 Å². The molecule has 1 aliphatic rings. The fourth-order valence-corrected chi connectivity index (χ4v) is 2.91. The van der Waals surface area contributed by atoms with Crippen molar-refractivity contribution in [1.82, 2.24) is 0 Å². The van der Waals surface area contributed by atoms with Crippen LogP contribution in [0.5, 0.6) is 0 Å². The number of rotatable bonds is 1. The normalized spacial score (nSPS) is 22.7. The van der Waals surface area contributed by atoms with Crippen molar-refractivity contribution in [3.63, 3.8) is 0 Å². The van der Waals surface area contributed by atoms with E-state index in [1.54, 1.807) is 6.07 Å². The van der Waals surface area contributed by atoms with Gasteiger partial charge in [-0.05, 0) is 29.5 Å². The molecule has 1 heterocycles. The third kappa shape index (κ3) is 2.65. The molecule has 0 bridgehead atoms. The summed E-state index contributed by atoms with van der Waals surface area (Å²) in [5.74, 6) is -0.499. The monoisotopic (exact) mass is 299 g/mol. The summed E-state index contributed by atoms with van der Waals surface area (Å²) in [5, 5.41) is 0. The van der Waals surface area contributed by atoms with Crippen LogP contribution >= 0.6 is 0 Å². The molecule has 1 amide bonds. The molecule has 0 radical (unpaired) electrons. The van der Waals surface area contributed by atoms with Crippen molar-refractivity contribution >= 4 is 11.6 Å². The molecule has 1 aliphatic heterocycles. The van der Waals surface area contributed by atoms with Gasteiger partial charge in [-0.1, -0.05) is 32.9 Å². The Balaban J connectivity index is 2.56. The lowest BCUT2D eigenvalue weighted by Crippen LogP contribution is -2.39. The summed E-state index contributed by atoms with van der Waals surface area (Å²) in [4.78, 5) is 13.7. The van der Waals surface area contributed by atoms with Gasteiger partial charge in [-0.3, -0.25) is 4.79 Å². The first-order valence-electron chi connectivity index (χ1n) is 6.86. The molecule has 116 valence electrons. The van der Waals surface area contributed by atoms with Gasteiger partial charge < -0.3 is 4.90 Å². The van der Waals surface area contributed by atoms with E-state index in [1.807, 2.05) is 32.9 Å². The number of halogens is 3. The number of alkyl halides is 3. The number of amides is 1. The third-order valence-corrected chi connectivity index (χ3v) is 4.15. The summed E-state index contributed by atoms with van der Waals surface area (Å²) in [6.07, 6.45) is -5.51. The van der Waals surface area contributed by atoms with Crippen molar-refractivity contribution in [1.29, 1.82) is 0 Å². The van der Waals surface area contributed by atoms with Crippen molar-refractivity contribution in [3.8, 4) is 0 Å². The van der Waals surface area contributed by atoms with Gasteiger partial charge in [-0.25, -0.2) is 0 Å².